The van der Waals surface area contributed by atoms with Crippen LogP contribution in [0.25, 0.3) is 27.9 Å². The molecule has 1 saturated heterocycles. The molecule has 0 unspecified atom stereocenters. The van der Waals surface area contributed by atoms with Crippen LogP contribution in [0.2, 0.25) is 0 Å². The van der Waals surface area contributed by atoms with Gasteiger partial charge in [-0.2, -0.15) is 5.10 Å². The predicted octanol–water partition coefficient (Wildman–Crippen LogP) is 4.00. The number of anilines is 1. The summed E-state index contributed by atoms with van der Waals surface area (Å²) in [6.45, 7) is 7.50. The number of piperazine rings is 1. The van der Waals surface area contributed by atoms with Gasteiger partial charge in [0.25, 0.3) is 0 Å². The van der Waals surface area contributed by atoms with Crippen LogP contribution in [0.3, 0.4) is 0 Å². The average Bonchev–Trinajstić information content (AvgIpc) is 3.33. The fourth-order valence-electron chi connectivity index (χ4n) is 4.43. The van der Waals surface area contributed by atoms with Crippen molar-refractivity contribution >= 4 is 21.2 Å². The molecular formula is C26H29N5O2S. The topological polar surface area (TPSA) is 70.8 Å². The van der Waals surface area contributed by atoms with Gasteiger partial charge >= 0.3 is 0 Å². The van der Waals surface area contributed by atoms with Crippen molar-refractivity contribution in [1.82, 2.24) is 19.5 Å². The quantitative estimate of drug-likeness (QED) is 0.435. The maximum atomic E-state index is 12.6. The first-order valence-electron chi connectivity index (χ1n) is 11.6. The van der Waals surface area contributed by atoms with E-state index in [9.17, 15) is 8.42 Å². The molecule has 1 fully saturated rings. The zero-order valence-electron chi connectivity index (χ0n) is 19.7. The first kappa shape index (κ1) is 22.6. The third-order valence-electron chi connectivity index (χ3n) is 6.57. The van der Waals surface area contributed by atoms with Crippen molar-refractivity contribution in [1.29, 1.82) is 0 Å². The van der Waals surface area contributed by atoms with Crippen LogP contribution >= 0.6 is 0 Å². The summed E-state index contributed by atoms with van der Waals surface area (Å²) in [5.74, 6) is 0. The number of sulfone groups is 1. The Kier molecular flexibility index (Phi) is 5.87. The van der Waals surface area contributed by atoms with E-state index >= 15 is 0 Å². The molecule has 176 valence electrons. The summed E-state index contributed by atoms with van der Waals surface area (Å²) >= 11 is 0. The highest BCUT2D eigenvalue weighted by Crippen LogP contribution is 2.36. The molecule has 1 aliphatic heterocycles. The average molecular weight is 476 g/mol. The largest absolute Gasteiger partial charge is 0.369 e. The number of benzene rings is 2. The fraction of sp³-hybridized carbons (Fsp3) is 0.308. The van der Waals surface area contributed by atoms with E-state index in [0.29, 0.717) is 4.90 Å². The molecule has 0 atom stereocenters. The molecule has 0 N–H and O–H groups in total. The first-order valence-corrected chi connectivity index (χ1v) is 13.1. The monoisotopic (exact) mass is 475 g/mol. The van der Waals surface area contributed by atoms with Crippen LogP contribution in [0.1, 0.15) is 13.8 Å². The van der Waals surface area contributed by atoms with Crippen molar-refractivity contribution in [2.75, 3.05) is 38.1 Å². The summed E-state index contributed by atoms with van der Waals surface area (Å²) < 4.78 is 27.0. The Labute approximate surface area is 200 Å². The first-order chi connectivity index (χ1) is 16.3. The van der Waals surface area contributed by atoms with Gasteiger partial charge < -0.3 is 9.80 Å². The summed E-state index contributed by atoms with van der Waals surface area (Å²) in [4.78, 5) is 9.62. The molecule has 34 heavy (non-hydrogen) atoms. The Hall–Kier alpha value is -3.23. The highest BCUT2D eigenvalue weighted by atomic mass is 32.2. The summed E-state index contributed by atoms with van der Waals surface area (Å²) in [5.41, 5.74) is 5.91. The lowest BCUT2D eigenvalue weighted by molar-refractivity contribution is 0.313. The molecule has 0 bridgehead atoms. The van der Waals surface area contributed by atoms with Crippen LogP contribution in [0.5, 0.6) is 0 Å². The molecule has 1 aliphatic rings. The zero-order chi connectivity index (χ0) is 23.9. The van der Waals surface area contributed by atoms with E-state index in [1.807, 2.05) is 18.3 Å². The number of hydrogen-bond donors (Lipinski definition) is 0. The van der Waals surface area contributed by atoms with Crippen LogP contribution in [0.15, 0.2) is 72.0 Å². The second-order valence-corrected chi connectivity index (χ2v) is 11.6. The molecule has 0 aliphatic carbocycles. The van der Waals surface area contributed by atoms with Crippen molar-refractivity contribution in [2.24, 2.45) is 0 Å². The van der Waals surface area contributed by atoms with Crippen LogP contribution < -0.4 is 4.90 Å². The summed E-state index contributed by atoms with van der Waals surface area (Å²) in [7, 11) is -1.18. The highest BCUT2D eigenvalue weighted by Gasteiger charge is 2.21. The second-order valence-electron chi connectivity index (χ2n) is 9.09. The van der Waals surface area contributed by atoms with Crippen molar-refractivity contribution < 1.29 is 8.42 Å². The number of likely N-dealkylation sites (N-methyl/N-ethyl adjacent to an activating group) is 1. The number of rotatable bonds is 5. The van der Waals surface area contributed by atoms with Gasteiger partial charge in [-0.3, -0.25) is 0 Å². The number of fused-ring (bicyclic) bond motifs is 1. The third-order valence-corrected chi connectivity index (χ3v) is 8.74. The Morgan fingerprint density at radius 1 is 0.912 bits per heavy atom. The van der Waals surface area contributed by atoms with Gasteiger partial charge in [0.2, 0.25) is 0 Å². The zero-order valence-corrected chi connectivity index (χ0v) is 20.5. The molecule has 0 radical (unpaired) electrons. The van der Waals surface area contributed by atoms with Crippen LogP contribution in [-0.2, 0) is 9.84 Å². The molecule has 8 heteroatoms. The maximum Gasteiger partial charge on any atom is 0.180 e. The lowest BCUT2D eigenvalue weighted by Crippen LogP contribution is -2.44. The molecule has 0 saturated carbocycles. The fourth-order valence-corrected chi connectivity index (χ4v) is 5.49. The molecule has 3 heterocycles. The molecule has 2 aromatic carbocycles. The third kappa shape index (κ3) is 4.08. The molecule has 7 nitrogen and oxygen atoms in total. The lowest BCUT2D eigenvalue weighted by Gasteiger charge is -2.34. The number of hydrogen-bond acceptors (Lipinski definition) is 6. The van der Waals surface area contributed by atoms with Crippen molar-refractivity contribution in [3.05, 3.63) is 67.1 Å². The van der Waals surface area contributed by atoms with Gasteiger partial charge in [0, 0.05) is 43.6 Å². The Morgan fingerprint density at radius 3 is 2.35 bits per heavy atom. The second kappa shape index (κ2) is 8.85. The van der Waals surface area contributed by atoms with Crippen molar-refractivity contribution in [3.8, 4) is 22.3 Å². The van der Waals surface area contributed by atoms with E-state index in [2.05, 4.69) is 57.3 Å². The number of aromatic nitrogens is 3. The summed E-state index contributed by atoms with van der Waals surface area (Å²) in [6.07, 6.45) is 3.46. The van der Waals surface area contributed by atoms with E-state index in [0.717, 1.165) is 54.1 Å². The van der Waals surface area contributed by atoms with Crippen molar-refractivity contribution in [3.63, 3.8) is 0 Å². The van der Waals surface area contributed by atoms with Gasteiger partial charge in [-0.25, -0.2) is 17.9 Å². The number of pyridine rings is 1. The van der Waals surface area contributed by atoms with Gasteiger partial charge in [-0.15, -0.1) is 0 Å². The molecule has 5 rings (SSSR count). The van der Waals surface area contributed by atoms with Gasteiger partial charge in [-0.1, -0.05) is 24.3 Å². The maximum absolute atomic E-state index is 12.6. The van der Waals surface area contributed by atoms with Crippen LogP contribution in [-0.4, -0.2) is 66.4 Å². The standard InChI is InChI=1S/C26H29N5O2S/c1-19(2)34(32,33)23-9-7-20(8-10-23)25-24(11-12-31-26(25)27-18-28-31)21-5-4-6-22(17-21)30-15-13-29(3)14-16-30/h4-12,17-19H,13-16H2,1-3H3. The summed E-state index contributed by atoms with van der Waals surface area (Å²) in [5, 5.41) is 3.85. The summed E-state index contributed by atoms with van der Waals surface area (Å²) in [6, 6.07) is 17.8. The van der Waals surface area contributed by atoms with E-state index in [4.69, 9.17) is 0 Å². The van der Waals surface area contributed by atoms with Gasteiger partial charge in [0.15, 0.2) is 15.5 Å². The molecule has 0 amide bonds. The Morgan fingerprint density at radius 2 is 1.65 bits per heavy atom. The molecule has 0 spiro atoms. The van der Waals surface area contributed by atoms with E-state index < -0.39 is 15.1 Å². The van der Waals surface area contributed by atoms with Gasteiger partial charge in [-0.05, 0) is 67.9 Å². The van der Waals surface area contributed by atoms with E-state index in [1.165, 1.54) is 5.69 Å². The SMILES string of the molecule is CC(C)S(=O)(=O)c1ccc(-c2c(-c3cccc(N4CCN(C)CC4)c3)ccn3ncnc23)cc1. The number of nitrogens with zero attached hydrogens (tertiary/aromatic N) is 5. The predicted molar refractivity (Wildman–Crippen MR) is 136 cm³/mol. The normalized spacial score (nSPS) is 15.4. The Bertz CT molecular complexity index is 1420. The molecule has 2 aromatic heterocycles. The van der Waals surface area contributed by atoms with E-state index in [1.54, 1.807) is 36.8 Å². The van der Waals surface area contributed by atoms with Crippen LogP contribution in [0.4, 0.5) is 5.69 Å². The van der Waals surface area contributed by atoms with Crippen LogP contribution in [0, 0.1) is 0 Å². The van der Waals surface area contributed by atoms with Gasteiger partial charge in [0.05, 0.1) is 10.1 Å². The van der Waals surface area contributed by atoms with E-state index in [-0.39, 0.29) is 0 Å². The Balaban J connectivity index is 1.60. The minimum atomic E-state index is -3.33. The smallest absolute Gasteiger partial charge is 0.180 e. The molecule has 4 aromatic rings. The lowest BCUT2D eigenvalue weighted by atomic mass is 9.95. The highest BCUT2D eigenvalue weighted by molar-refractivity contribution is 7.92. The minimum absolute atomic E-state index is 0.332. The minimum Gasteiger partial charge on any atom is -0.369 e. The van der Waals surface area contributed by atoms with Crippen molar-refractivity contribution in [2.45, 2.75) is 24.0 Å². The van der Waals surface area contributed by atoms with Gasteiger partial charge in [0.1, 0.15) is 6.33 Å². The molecular weight excluding hydrogens is 446 g/mol.